The van der Waals surface area contributed by atoms with Crippen molar-refractivity contribution in [2.24, 2.45) is 0 Å². The van der Waals surface area contributed by atoms with Crippen molar-refractivity contribution >= 4 is 38.5 Å². The zero-order chi connectivity index (χ0) is 31.2. The molecule has 4 aliphatic rings. The summed E-state index contributed by atoms with van der Waals surface area (Å²) < 4.78 is 42.2. The molecule has 46 heavy (non-hydrogen) atoms. The summed E-state index contributed by atoms with van der Waals surface area (Å²) >= 11 is 0. The average Bonchev–Trinajstić information content (AvgIpc) is 3.82. The van der Waals surface area contributed by atoms with Gasteiger partial charge in [0.05, 0.1) is 28.3 Å². The van der Waals surface area contributed by atoms with Gasteiger partial charge in [0, 0.05) is 48.9 Å². The second-order valence-electron chi connectivity index (χ2n) is 13.4. The molecule has 8 nitrogen and oxygen atoms in total. The van der Waals surface area contributed by atoms with Gasteiger partial charge in [-0.15, -0.1) is 6.42 Å². The number of hydrogen-bond acceptors (Lipinski definition) is 8. The monoisotopic (exact) mass is 621 g/mol. The van der Waals surface area contributed by atoms with Gasteiger partial charge < -0.3 is 24.5 Å². The molecule has 0 aliphatic carbocycles. The van der Waals surface area contributed by atoms with Gasteiger partial charge in [-0.05, 0) is 79.1 Å². The van der Waals surface area contributed by atoms with E-state index >= 15 is 4.39 Å². The summed E-state index contributed by atoms with van der Waals surface area (Å²) in [6.07, 6.45) is 11.1. The van der Waals surface area contributed by atoms with Gasteiger partial charge in [-0.3, -0.25) is 4.90 Å². The number of rotatable bonds is 5. The first kappa shape index (κ1) is 27.8. The summed E-state index contributed by atoms with van der Waals surface area (Å²) in [6, 6.07) is 10.9. The second kappa shape index (κ2) is 10.3. The summed E-state index contributed by atoms with van der Waals surface area (Å²) in [5, 5.41) is 17.1. The van der Waals surface area contributed by atoms with Crippen LogP contribution in [0.15, 0.2) is 47.1 Å². The van der Waals surface area contributed by atoms with Gasteiger partial charge in [-0.2, -0.15) is 9.97 Å². The summed E-state index contributed by atoms with van der Waals surface area (Å²) in [7, 11) is 0. The van der Waals surface area contributed by atoms with E-state index in [2.05, 4.69) is 21.0 Å². The molecule has 2 N–H and O–H groups in total. The standard InChI is InChI=1S/C36H33F2N5O3/c1-2-25-29(38)7-4-20-12-24(44)13-28(31(20)25)27-14-30-32(33-26(27)8-11-45-33)34(42-17-22-5-6-23(18-42)39-22)41-35(40-30)46-19-36-9-3-10-43(36)16-21(37)15-36/h1,4,7-8,11-14,21-23,39,44H,3,5-6,9-10,15-19H2/t21-,22+,23?,36+/m1/s1. The van der Waals surface area contributed by atoms with Gasteiger partial charge in [-0.25, -0.2) is 8.78 Å². The smallest absolute Gasteiger partial charge is 0.319 e. The third kappa shape index (κ3) is 4.25. The first-order valence-electron chi connectivity index (χ1n) is 16.1. The molecule has 2 bridgehead atoms. The Labute approximate surface area is 264 Å². The second-order valence-corrected chi connectivity index (χ2v) is 13.4. The molecule has 0 radical (unpaired) electrons. The molecule has 0 spiro atoms. The number of phenols is 1. The fourth-order valence-corrected chi connectivity index (χ4v) is 8.61. The first-order chi connectivity index (χ1) is 22.4. The highest BCUT2D eigenvalue weighted by atomic mass is 19.1. The van der Waals surface area contributed by atoms with E-state index in [-0.39, 0.29) is 22.9 Å². The molecule has 5 aromatic rings. The summed E-state index contributed by atoms with van der Waals surface area (Å²) in [6.45, 7) is 3.19. The quantitative estimate of drug-likeness (QED) is 0.234. The van der Waals surface area contributed by atoms with Crippen LogP contribution in [0.5, 0.6) is 11.8 Å². The topological polar surface area (TPSA) is 86.9 Å². The molecule has 0 amide bonds. The highest BCUT2D eigenvalue weighted by molar-refractivity contribution is 6.17. The van der Waals surface area contributed by atoms with Crippen LogP contribution in [0.1, 0.15) is 37.7 Å². The third-order valence-corrected chi connectivity index (χ3v) is 10.6. The molecule has 1 unspecified atom stereocenters. The Balaban J connectivity index is 1.25. The number of terminal acetylenes is 1. The maximum atomic E-state index is 15.0. The molecule has 4 saturated heterocycles. The molecule has 6 heterocycles. The van der Waals surface area contributed by atoms with Crippen molar-refractivity contribution in [2.45, 2.75) is 55.9 Å². The predicted molar refractivity (Wildman–Crippen MR) is 173 cm³/mol. The maximum Gasteiger partial charge on any atom is 0.319 e. The largest absolute Gasteiger partial charge is 0.508 e. The van der Waals surface area contributed by atoms with Gasteiger partial charge in [0.1, 0.15) is 35.7 Å². The van der Waals surface area contributed by atoms with Crippen LogP contribution < -0.4 is 15.0 Å². The molecule has 4 atom stereocenters. The van der Waals surface area contributed by atoms with E-state index in [9.17, 15) is 9.50 Å². The lowest BCUT2D eigenvalue weighted by molar-refractivity contribution is 0.107. The van der Waals surface area contributed by atoms with Crippen molar-refractivity contribution in [2.75, 3.05) is 37.7 Å². The third-order valence-electron chi connectivity index (χ3n) is 10.6. The van der Waals surface area contributed by atoms with Crippen molar-refractivity contribution in [1.29, 1.82) is 0 Å². The highest BCUT2D eigenvalue weighted by Crippen LogP contribution is 2.45. The van der Waals surface area contributed by atoms with Crippen LogP contribution in [0.2, 0.25) is 0 Å². The Morgan fingerprint density at radius 2 is 1.93 bits per heavy atom. The van der Waals surface area contributed by atoms with Crippen molar-refractivity contribution in [1.82, 2.24) is 20.2 Å². The van der Waals surface area contributed by atoms with Crippen molar-refractivity contribution < 1.29 is 23.0 Å². The minimum atomic E-state index is -0.863. The normalized spacial score (nSPS) is 25.9. The Bertz CT molecular complexity index is 2080. The van der Waals surface area contributed by atoms with Crippen molar-refractivity contribution in [3.05, 3.63) is 54.0 Å². The fourth-order valence-electron chi connectivity index (χ4n) is 8.61. The minimum absolute atomic E-state index is 0.0283. The number of halogens is 2. The number of benzene rings is 3. The number of nitrogens with zero attached hydrogens (tertiary/aromatic N) is 4. The van der Waals surface area contributed by atoms with Crippen LogP contribution in [0, 0.1) is 18.2 Å². The zero-order valence-corrected chi connectivity index (χ0v) is 25.2. The lowest BCUT2D eigenvalue weighted by atomic mass is 9.91. The molecule has 2 aromatic heterocycles. The van der Waals surface area contributed by atoms with E-state index < -0.39 is 12.0 Å². The van der Waals surface area contributed by atoms with Gasteiger partial charge in [-0.1, -0.05) is 12.0 Å². The number of phenolic OH excluding ortho intramolecular Hbond substituents is 1. The number of ether oxygens (including phenoxy) is 1. The molecule has 3 aromatic carbocycles. The Morgan fingerprint density at radius 1 is 1.09 bits per heavy atom. The molecule has 234 valence electrons. The summed E-state index contributed by atoms with van der Waals surface area (Å²) in [5.41, 5.74) is 2.21. The zero-order valence-electron chi connectivity index (χ0n) is 25.2. The van der Waals surface area contributed by atoms with E-state index in [1.165, 1.54) is 6.07 Å². The Kier molecular flexibility index (Phi) is 6.21. The molecule has 9 rings (SSSR count). The van der Waals surface area contributed by atoms with Gasteiger partial charge in [0.2, 0.25) is 0 Å². The highest BCUT2D eigenvalue weighted by Gasteiger charge is 2.49. The van der Waals surface area contributed by atoms with Crippen molar-refractivity contribution in [3.8, 4) is 35.2 Å². The maximum absolute atomic E-state index is 15.0. The number of fused-ring (bicyclic) bond motifs is 7. The van der Waals surface area contributed by atoms with E-state index in [1.54, 1.807) is 24.5 Å². The number of anilines is 1. The van der Waals surface area contributed by atoms with Crippen LogP contribution >= 0.6 is 0 Å². The van der Waals surface area contributed by atoms with E-state index in [0.717, 1.165) is 61.9 Å². The number of nitrogens with one attached hydrogen (secondary N) is 1. The Morgan fingerprint density at radius 3 is 2.76 bits per heavy atom. The van der Waals surface area contributed by atoms with Gasteiger partial charge in [0.25, 0.3) is 0 Å². The Hall–Kier alpha value is -4.46. The van der Waals surface area contributed by atoms with E-state index in [4.69, 9.17) is 25.5 Å². The van der Waals surface area contributed by atoms with Crippen LogP contribution in [-0.2, 0) is 0 Å². The van der Waals surface area contributed by atoms with Gasteiger partial charge >= 0.3 is 6.01 Å². The molecular weight excluding hydrogens is 588 g/mol. The minimum Gasteiger partial charge on any atom is -0.508 e. The summed E-state index contributed by atoms with van der Waals surface area (Å²) in [4.78, 5) is 14.5. The number of aromatic hydroxyl groups is 1. The number of alkyl halides is 1. The van der Waals surface area contributed by atoms with Crippen LogP contribution in [-0.4, -0.2) is 76.6 Å². The first-order valence-corrected chi connectivity index (χ1v) is 16.1. The summed E-state index contributed by atoms with van der Waals surface area (Å²) in [5.74, 6) is 2.77. The lowest BCUT2D eigenvalue weighted by Crippen LogP contribution is -2.51. The van der Waals surface area contributed by atoms with Crippen molar-refractivity contribution in [3.63, 3.8) is 0 Å². The SMILES string of the molecule is C#Cc1c(F)ccc2cc(O)cc(-c3cc4nc(OC[C@@]56CCCN5C[C@H](F)C6)nc(N5CC6CC[C@@H](C5)N6)c4c4occc34)c12. The van der Waals surface area contributed by atoms with Gasteiger partial charge in [0.15, 0.2) is 0 Å². The lowest BCUT2D eigenvalue weighted by Gasteiger charge is -2.34. The molecule has 4 aliphatic heterocycles. The molecular formula is C36H33F2N5O3. The number of aromatic nitrogens is 2. The van der Waals surface area contributed by atoms with Crippen LogP contribution in [0.4, 0.5) is 14.6 Å². The molecule has 4 fully saturated rings. The van der Waals surface area contributed by atoms with Crippen LogP contribution in [0.25, 0.3) is 43.8 Å². The number of hydrogen-bond donors (Lipinski definition) is 2. The van der Waals surface area contributed by atoms with Crippen LogP contribution in [0.3, 0.4) is 0 Å². The van der Waals surface area contributed by atoms with E-state index in [0.29, 0.717) is 64.7 Å². The number of furan rings is 1. The number of piperazine rings is 1. The molecule has 10 heteroatoms. The average molecular weight is 622 g/mol. The predicted octanol–water partition coefficient (Wildman–Crippen LogP) is 5.92. The molecule has 0 saturated carbocycles. The fraction of sp³-hybridized carbons (Fsp3) is 0.389. The van der Waals surface area contributed by atoms with E-state index in [1.807, 2.05) is 12.1 Å².